The van der Waals surface area contributed by atoms with Gasteiger partial charge in [-0.25, -0.2) is 8.42 Å². The lowest BCUT2D eigenvalue weighted by Gasteiger charge is -2.32. The molecule has 2 rings (SSSR count). The second-order valence-electron chi connectivity index (χ2n) is 5.38. The van der Waals surface area contributed by atoms with Crippen molar-refractivity contribution in [3.05, 3.63) is 29.8 Å². The van der Waals surface area contributed by atoms with Gasteiger partial charge in [-0.1, -0.05) is 0 Å². The van der Waals surface area contributed by atoms with Gasteiger partial charge in [0.05, 0.1) is 22.3 Å². The van der Waals surface area contributed by atoms with E-state index in [1.807, 2.05) is 13.1 Å². The second kappa shape index (κ2) is 7.03. The van der Waals surface area contributed by atoms with Gasteiger partial charge in [0, 0.05) is 19.1 Å². The number of sulfone groups is 1. The maximum absolute atomic E-state index is 12.3. The molecule has 1 aliphatic heterocycles. The molecule has 1 heterocycles. The number of likely N-dealkylation sites (N-methyl/N-ethyl adjacent to an activating group) is 1. The molecule has 5 nitrogen and oxygen atoms in total. The molecule has 0 aromatic heterocycles. The lowest BCUT2D eigenvalue weighted by Crippen LogP contribution is -2.45. The van der Waals surface area contributed by atoms with Crippen molar-refractivity contribution < 1.29 is 8.42 Å². The number of rotatable bonds is 5. The number of benzene rings is 1. The Hall–Kier alpha value is -1.42. The first kappa shape index (κ1) is 16.0. The molecule has 0 saturated carbocycles. The van der Waals surface area contributed by atoms with Crippen LogP contribution >= 0.6 is 0 Å². The van der Waals surface area contributed by atoms with E-state index in [-0.39, 0.29) is 5.75 Å². The predicted molar refractivity (Wildman–Crippen MR) is 81.7 cm³/mol. The number of nitriles is 1. The molecule has 0 amide bonds. The van der Waals surface area contributed by atoms with Crippen molar-refractivity contribution in [3.8, 4) is 6.07 Å². The summed E-state index contributed by atoms with van der Waals surface area (Å²) in [7, 11) is -1.33. The zero-order valence-electron chi connectivity index (χ0n) is 12.2. The molecule has 0 radical (unpaired) electrons. The Bertz CT molecular complexity index is 605. The molecule has 0 bridgehead atoms. The third kappa shape index (κ3) is 4.27. The van der Waals surface area contributed by atoms with E-state index in [9.17, 15) is 8.42 Å². The molecule has 1 aromatic carbocycles. The van der Waals surface area contributed by atoms with Gasteiger partial charge in [-0.15, -0.1) is 0 Å². The zero-order valence-corrected chi connectivity index (χ0v) is 13.1. The van der Waals surface area contributed by atoms with Crippen LogP contribution in [0.3, 0.4) is 0 Å². The Balaban J connectivity index is 1.96. The fraction of sp³-hybridized carbons (Fsp3) is 0.533. The van der Waals surface area contributed by atoms with Crippen LogP contribution in [0.15, 0.2) is 29.2 Å². The molecule has 21 heavy (non-hydrogen) atoms. The summed E-state index contributed by atoms with van der Waals surface area (Å²) >= 11 is 0. The summed E-state index contributed by atoms with van der Waals surface area (Å²) in [6.07, 6.45) is 2.25. The monoisotopic (exact) mass is 307 g/mol. The summed E-state index contributed by atoms with van der Waals surface area (Å²) in [5, 5.41) is 12.0. The van der Waals surface area contributed by atoms with E-state index in [0.717, 1.165) is 25.9 Å². The molecule has 1 atom stereocenters. The molecular formula is C15H21N3O2S. The van der Waals surface area contributed by atoms with Gasteiger partial charge in [-0.2, -0.15) is 5.26 Å². The van der Waals surface area contributed by atoms with Crippen molar-refractivity contribution in [2.24, 2.45) is 0 Å². The van der Waals surface area contributed by atoms with E-state index in [0.29, 0.717) is 23.0 Å². The SMILES string of the molecule is CNC1CCCN(CCS(=O)(=O)c2ccc(C#N)cc2)C1. The maximum Gasteiger partial charge on any atom is 0.179 e. The van der Waals surface area contributed by atoms with Crippen LogP contribution in [-0.2, 0) is 9.84 Å². The number of likely N-dealkylation sites (tertiary alicyclic amines) is 1. The third-order valence-electron chi connectivity index (χ3n) is 3.93. The molecule has 114 valence electrons. The maximum atomic E-state index is 12.3. The molecule has 1 unspecified atom stereocenters. The smallest absolute Gasteiger partial charge is 0.179 e. The minimum absolute atomic E-state index is 0.120. The molecule has 6 heteroatoms. The third-order valence-corrected chi connectivity index (χ3v) is 5.64. The van der Waals surface area contributed by atoms with Crippen molar-refractivity contribution in [2.75, 3.05) is 32.4 Å². The highest BCUT2D eigenvalue weighted by atomic mass is 32.2. The van der Waals surface area contributed by atoms with E-state index >= 15 is 0 Å². The molecule has 1 aliphatic rings. The Morgan fingerprint density at radius 1 is 1.38 bits per heavy atom. The van der Waals surface area contributed by atoms with Gasteiger partial charge >= 0.3 is 0 Å². The average Bonchev–Trinajstić information content (AvgIpc) is 2.53. The number of nitrogens with zero attached hydrogens (tertiary/aromatic N) is 2. The van der Waals surface area contributed by atoms with Gasteiger partial charge in [0.15, 0.2) is 9.84 Å². The molecular weight excluding hydrogens is 286 g/mol. The zero-order chi connectivity index (χ0) is 15.3. The quantitative estimate of drug-likeness (QED) is 0.879. The van der Waals surface area contributed by atoms with Crippen LogP contribution in [0.4, 0.5) is 0 Å². The molecule has 1 fully saturated rings. The minimum atomic E-state index is -3.28. The summed E-state index contributed by atoms with van der Waals surface area (Å²) in [4.78, 5) is 2.50. The van der Waals surface area contributed by atoms with Crippen LogP contribution in [0.5, 0.6) is 0 Å². The van der Waals surface area contributed by atoms with E-state index in [1.54, 1.807) is 12.1 Å². The number of nitrogens with one attached hydrogen (secondary N) is 1. The van der Waals surface area contributed by atoms with Gasteiger partial charge in [0.2, 0.25) is 0 Å². The van der Waals surface area contributed by atoms with Gasteiger partial charge in [-0.05, 0) is 50.7 Å². The topological polar surface area (TPSA) is 73.2 Å². The normalized spacial score (nSPS) is 20.1. The predicted octanol–water partition coefficient (Wildman–Crippen LogP) is 1.02. The van der Waals surface area contributed by atoms with E-state index in [1.165, 1.54) is 12.1 Å². The van der Waals surface area contributed by atoms with Crippen LogP contribution in [0.2, 0.25) is 0 Å². The van der Waals surface area contributed by atoms with Crippen LogP contribution in [-0.4, -0.2) is 51.8 Å². The summed E-state index contributed by atoms with van der Waals surface area (Å²) in [6.45, 7) is 2.42. The molecule has 1 aromatic rings. The first-order valence-corrected chi connectivity index (χ1v) is 8.83. The molecule has 1 N–H and O–H groups in total. The average molecular weight is 307 g/mol. The summed E-state index contributed by atoms with van der Waals surface area (Å²) in [6, 6.07) is 8.57. The van der Waals surface area contributed by atoms with E-state index in [2.05, 4.69) is 10.2 Å². The van der Waals surface area contributed by atoms with Crippen LogP contribution in [0.25, 0.3) is 0 Å². The van der Waals surface area contributed by atoms with Gasteiger partial charge in [-0.3, -0.25) is 0 Å². The van der Waals surface area contributed by atoms with Crippen molar-refractivity contribution >= 4 is 9.84 Å². The number of piperidine rings is 1. The highest BCUT2D eigenvalue weighted by molar-refractivity contribution is 7.91. The van der Waals surface area contributed by atoms with Crippen molar-refractivity contribution in [2.45, 2.75) is 23.8 Å². The van der Waals surface area contributed by atoms with Crippen molar-refractivity contribution in [3.63, 3.8) is 0 Å². The summed E-state index contributed by atoms with van der Waals surface area (Å²) in [5.41, 5.74) is 0.474. The van der Waals surface area contributed by atoms with E-state index < -0.39 is 9.84 Å². The van der Waals surface area contributed by atoms with Crippen LogP contribution in [0.1, 0.15) is 18.4 Å². The fourth-order valence-electron chi connectivity index (χ4n) is 2.60. The number of hydrogen-bond acceptors (Lipinski definition) is 5. The Labute approximate surface area is 126 Å². The Kier molecular flexibility index (Phi) is 5.34. The standard InChI is InChI=1S/C15H21N3O2S/c1-17-14-3-2-8-18(12-14)9-10-21(19,20)15-6-4-13(11-16)5-7-15/h4-7,14,17H,2-3,8-10,12H2,1H3. The second-order valence-corrected chi connectivity index (χ2v) is 7.49. The fourth-order valence-corrected chi connectivity index (χ4v) is 3.88. The number of hydrogen-bond donors (Lipinski definition) is 1. The highest BCUT2D eigenvalue weighted by Crippen LogP contribution is 2.14. The molecule has 0 spiro atoms. The Morgan fingerprint density at radius 3 is 2.71 bits per heavy atom. The first-order valence-electron chi connectivity index (χ1n) is 7.17. The lowest BCUT2D eigenvalue weighted by molar-refractivity contribution is 0.205. The van der Waals surface area contributed by atoms with Crippen molar-refractivity contribution in [1.29, 1.82) is 5.26 Å². The molecule has 0 aliphatic carbocycles. The van der Waals surface area contributed by atoms with Gasteiger partial charge in [0.1, 0.15) is 0 Å². The van der Waals surface area contributed by atoms with Crippen LogP contribution < -0.4 is 5.32 Å². The van der Waals surface area contributed by atoms with Gasteiger partial charge in [0.25, 0.3) is 0 Å². The van der Waals surface area contributed by atoms with E-state index in [4.69, 9.17) is 5.26 Å². The van der Waals surface area contributed by atoms with Gasteiger partial charge < -0.3 is 10.2 Å². The summed E-state index contributed by atoms with van der Waals surface area (Å²) < 4.78 is 24.6. The Morgan fingerprint density at radius 2 is 2.10 bits per heavy atom. The minimum Gasteiger partial charge on any atom is -0.316 e. The van der Waals surface area contributed by atoms with Crippen LogP contribution in [0, 0.1) is 11.3 Å². The largest absolute Gasteiger partial charge is 0.316 e. The highest BCUT2D eigenvalue weighted by Gasteiger charge is 2.21. The first-order chi connectivity index (χ1) is 10.0. The lowest BCUT2D eigenvalue weighted by atomic mass is 10.1. The summed E-state index contributed by atoms with van der Waals surface area (Å²) in [5.74, 6) is 0.120. The van der Waals surface area contributed by atoms with Crippen molar-refractivity contribution in [1.82, 2.24) is 10.2 Å². The molecule has 1 saturated heterocycles.